The van der Waals surface area contributed by atoms with Crippen LogP contribution in [0.25, 0.3) is 0 Å². The average Bonchev–Trinajstić information content (AvgIpc) is 2.75. The van der Waals surface area contributed by atoms with Crippen molar-refractivity contribution < 1.29 is 9.47 Å². The molecule has 1 heterocycles. The highest BCUT2D eigenvalue weighted by molar-refractivity contribution is 9.10. The third-order valence-corrected chi connectivity index (χ3v) is 3.67. The van der Waals surface area contributed by atoms with Gasteiger partial charge in [0.1, 0.15) is 12.4 Å². The monoisotopic (exact) mass is 313 g/mol. The number of halogens is 1. The fourth-order valence-electron chi connectivity index (χ4n) is 2.23. The third kappa shape index (κ3) is 3.70. The summed E-state index contributed by atoms with van der Waals surface area (Å²) in [6.07, 6.45) is 3.64. The van der Waals surface area contributed by atoms with Gasteiger partial charge < -0.3 is 15.2 Å². The minimum Gasteiger partial charge on any atom is -0.491 e. The highest BCUT2D eigenvalue weighted by Gasteiger charge is 2.22. The van der Waals surface area contributed by atoms with Gasteiger partial charge in [-0.2, -0.15) is 0 Å². The number of ether oxygens (including phenoxy) is 2. The fraction of sp³-hybridized carbons (Fsp3) is 0.571. The Labute approximate surface area is 117 Å². The van der Waals surface area contributed by atoms with Gasteiger partial charge in [-0.05, 0) is 56.5 Å². The van der Waals surface area contributed by atoms with Gasteiger partial charge in [0.05, 0.1) is 12.2 Å². The van der Waals surface area contributed by atoms with E-state index in [1.54, 1.807) is 0 Å². The summed E-state index contributed by atoms with van der Waals surface area (Å²) < 4.78 is 12.7. The van der Waals surface area contributed by atoms with E-state index in [4.69, 9.17) is 15.2 Å². The molecular weight excluding hydrogens is 294 g/mol. The van der Waals surface area contributed by atoms with Crippen LogP contribution in [-0.2, 0) is 11.2 Å². The first kappa shape index (κ1) is 13.8. The molecule has 1 aromatic carbocycles. The zero-order valence-electron chi connectivity index (χ0n) is 10.7. The quantitative estimate of drug-likeness (QED) is 0.909. The first-order valence-corrected chi connectivity index (χ1v) is 7.25. The third-order valence-electron chi connectivity index (χ3n) is 3.18. The van der Waals surface area contributed by atoms with Crippen LogP contribution in [0.3, 0.4) is 0 Å². The van der Waals surface area contributed by atoms with Crippen molar-refractivity contribution in [1.29, 1.82) is 0 Å². The zero-order chi connectivity index (χ0) is 13.0. The molecule has 0 bridgehead atoms. The Morgan fingerprint density at radius 2 is 2.28 bits per heavy atom. The summed E-state index contributed by atoms with van der Waals surface area (Å²) in [4.78, 5) is 0. The van der Waals surface area contributed by atoms with E-state index in [2.05, 4.69) is 28.9 Å². The minimum atomic E-state index is 0.231. The molecule has 1 aromatic rings. The van der Waals surface area contributed by atoms with E-state index in [0.29, 0.717) is 19.3 Å². The van der Waals surface area contributed by atoms with Crippen molar-refractivity contribution in [2.75, 3.05) is 13.2 Å². The van der Waals surface area contributed by atoms with Gasteiger partial charge in [0.25, 0.3) is 0 Å². The van der Waals surface area contributed by atoms with Crippen LogP contribution in [0.5, 0.6) is 5.75 Å². The number of hydrogen-bond donors (Lipinski definition) is 1. The van der Waals surface area contributed by atoms with Gasteiger partial charge >= 0.3 is 0 Å². The van der Waals surface area contributed by atoms with Gasteiger partial charge in [0.2, 0.25) is 0 Å². The van der Waals surface area contributed by atoms with Gasteiger partial charge in [0, 0.05) is 4.47 Å². The van der Waals surface area contributed by atoms with Crippen molar-refractivity contribution in [3.63, 3.8) is 0 Å². The summed E-state index contributed by atoms with van der Waals surface area (Å²) in [5.74, 6) is 0.923. The molecule has 4 heteroatoms. The van der Waals surface area contributed by atoms with Gasteiger partial charge in [0.15, 0.2) is 0 Å². The largest absolute Gasteiger partial charge is 0.491 e. The molecule has 2 unspecified atom stereocenters. The van der Waals surface area contributed by atoms with Gasteiger partial charge in [-0.25, -0.2) is 0 Å². The van der Waals surface area contributed by atoms with Crippen LogP contribution in [0.4, 0.5) is 0 Å². The average molecular weight is 314 g/mol. The minimum absolute atomic E-state index is 0.231. The van der Waals surface area contributed by atoms with Gasteiger partial charge in [-0.3, -0.25) is 0 Å². The molecular formula is C14H20BrNO2. The molecule has 100 valence electrons. The lowest BCUT2D eigenvalue weighted by molar-refractivity contribution is 0.0262. The van der Waals surface area contributed by atoms with Crippen molar-refractivity contribution in [3.8, 4) is 5.75 Å². The maximum Gasteiger partial charge on any atom is 0.122 e. The van der Waals surface area contributed by atoms with Crippen LogP contribution in [0.1, 0.15) is 25.3 Å². The van der Waals surface area contributed by atoms with Crippen LogP contribution >= 0.6 is 15.9 Å². The van der Waals surface area contributed by atoms with Gasteiger partial charge in [-0.1, -0.05) is 15.9 Å². The second-order valence-corrected chi connectivity index (χ2v) is 5.66. The van der Waals surface area contributed by atoms with Crippen LogP contribution in [0, 0.1) is 0 Å². The summed E-state index contributed by atoms with van der Waals surface area (Å²) in [6, 6.07) is 6.06. The molecule has 2 atom stereocenters. The summed E-state index contributed by atoms with van der Waals surface area (Å²) in [7, 11) is 0. The second-order valence-electron chi connectivity index (χ2n) is 4.75. The molecule has 1 aliphatic rings. The van der Waals surface area contributed by atoms with Gasteiger partial charge in [-0.15, -0.1) is 0 Å². The molecule has 2 N–H and O–H groups in total. The first-order valence-electron chi connectivity index (χ1n) is 6.46. The number of benzene rings is 1. The summed E-state index contributed by atoms with van der Waals surface area (Å²) in [5, 5.41) is 0. The van der Waals surface area contributed by atoms with Crippen molar-refractivity contribution in [1.82, 2.24) is 0 Å². The summed E-state index contributed by atoms with van der Waals surface area (Å²) in [6.45, 7) is 3.37. The Hall–Kier alpha value is -0.580. The number of rotatable bonds is 5. The summed E-state index contributed by atoms with van der Waals surface area (Å²) >= 11 is 3.47. The number of hydrogen-bond acceptors (Lipinski definition) is 3. The Morgan fingerprint density at radius 1 is 1.44 bits per heavy atom. The molecule has 0 aromatic heterocycles. The van der Waals surface area contributed by atoms with E-state index < -0.39 is 0 Å². The molecule has 2 rings (SSSR count). The smallest absolute Gasteiger partial charge is 0.122 e. The zero-order valence-corrected chi connectivity index (χ0v) is 12.3. The standard InChI is InChI=1S/C14H20BrNO2/c1-10-2-4-13(18-10)9-17-14-5-3-12(15)8-11(14)6-7-16/h3,5,8,10,13H,2,4,6-7,9,16H2,1H3. The molecule has 0 radical (unpaired) electrons. The fourth-order valence-corrected chi connectivity index (χ4v) is 2.64. The van der Waals surface area contributed by atoms with E-state index in [-0.39, 0.29) is 6.10 Å². The lowest BCUT2D eigenvalue weighted by Gasteiger charge is -2.15. The van der Waals surface area contributed by atoms with E-state index in [1.807, 2.05) is 12.1 Å². The molecule has 0 spiro atoms. The van der Waals surface area contributed by atoms with Crippen molar-refractivity contribution in [2.45, 2.75) is 38.4 Å². The van der Waals surface area contributed by atoms with Crippen LogP contribution in [0.15, 0.2) is 22.7 Å². The molecule has 3 nitrogen and oxygen atoms in total. The highest BCUT2D eigenvalue weighted by Crippen LogP contribution is 2.25. The summed E-state index contributed by atoms with van der Waals surface area (Å²) in [5.41, 5.74) is 6.77. The molecule has 0 amide bonds. The van der Waals surface area contributed by atoms with Crippen molar-refractivity contribution in [2.24, 2.45) is 5.73 Å². The number of nitrogens with two attached hydrogens (primary N) is 1. The Morgan fingerprint density at radius 3 is 2.94 bits per heavy atom. The molecule has 1 aliphatic heterocycles. The predicted octanol–water partition coefficient (Wildman–Crippen LogP) is 2.90. The van der Waals surface area contributed by atoms with E-state index in [1.165, 1.54) is 0 Å². The first-order chi connectivity index (χ1) is 8.69. The Bertz CT molecular complexity index is 397. The second kappa shape index (κ2) is 6.55. The maximum atomic E-state index is 5.88. The van der Waals surface area contributed by atoms with Crippen LogP contribution in [0.2, 0.25) is 0 Å². The maximum absolute atomic E-state index is 5.88. The van der Waals surface area contributed by atoms with Crippen molar-refractivity contribution in [3.05, 3.63) is 28.2 Å². The Kier molecular flexibility index (Phi) is 5.03. The topological polar surface area (TPSA) is 44.5 Å². The highest BCUT2D eigenvalue weighted by atomic mass is 79.9. The molecule has 18 heavy (non-hydrogen) atoms. The molecule has 0 aliphatic carbocycles. The Balaban J connectivity index is 1.95. The van der Waals surface area contributed by atoms with E-state index in [0.717, 1.165) is 35.0 Å². The normalized spacial score (nSPS) is 23.3. The lowest BCUT2D eigenvalue weighted by Crippen LogP contribution is -2.18. The predicted molar refractivity (Wildman–Crippen MR) is 76.0 cm³/mol. The van der Waals surface area contributed by atoms with E-state index in [9.17, 15) is 0 Å². The van der Waals surface area contributed by atoms with E-state index >= 15 is 0 Å². The van der Waals surface area contributed by atoms with Crippen molar-refractivity contribution >= 4 is 15.9 Å². The SMILES string of the molecule is CC1CCC(COc2ccc(Br)cc2CCN)O1. The molecule has 1 saturated heterocycles. The van der Waals surface area contributed by atoms with Crippen LogP contribution in [-0.4, -0.2) is 25.4 Å². The van der Waals surface area contributed by atoms with Crippen LogP contribution < -0.4 is 10.5 Å². The molecule has 0 saturated carbocycles. The molecule has 1 fully saturated rings. The lowest BCUT2D eigenvalue weighted by atomic mass is 10.1.